The molecule has 0 atom stereocenters. The molecule has 0 fully saturated rings. The number of hydrogen-bond acceptors (Lipinski definition) is 4. The molecule has 0 saturated carbocycles. The Morgan fingerprint density at radius 2 is 1.69 bits per heavy atom. The SMILES string of the molecule is Cc1ccc2c(n1)oc1c(-c3ccc4cc(-c5ccc(C(C)C)cc5)sc4n3)cccc12. The quantitative estimate of drug-likeness (QED) is 0.281. The third-order valence-corrected chi connectivity index (χ3v) is 7.12. The highest BCUT2D eigenvalue weighted by molar-refractivity contribution is 7.21. The van der Waals surface area contributed by atoms with Crippen molar-refractivity contribution in [2.75, 3.05) is 0 Å². The minimum absolute atomic E-state index is 0.538. The van der Waals surface area contributed by atoms with Crippen molar-refractivity contribution in [3.8, 4) is 21.7 Å². The Labute approximate surface area is 190 Å². The summed E-state index contributed by atoms with van der Waals surface area (Å²) in [4.78, 5) is 11.9. The van der Waals surface area contributed by atoms with Crippen molar-refractivity contribution in [2.45, 2.75) is 26.7 Å². The van der Waals surface area contributed by atoms with Crippen molar-refractivity contribution in [1.82, 2.24) is 9.97 Å². The van der Waals surface area contributed by atoms with Gasteiger partial charge in [0.25, 0.3) is 0 Å². The first kappa shape index (κ1) is 19.2. The van der Waals surface area contributed by atoms with Crippen LogP contribution in [0.5, 0.6) is 0 Å². The minimum atomic E-state index is 0.538. The van der Waals surface area contributed by atoms with Crippen LogP contribution in [0.2, 0.25) is 0 Å². The molecule has 0 aliphatic heterocycles. The molecule has 6 aromatic rings. The highest BCUT2D eigenvalue weighted by atomic mass is 32.1. The van der Waals surface area contributed by atoms with Gasteiger partial charge in [-0.2, -0.15) is 0 Å². The second-order valence-corrected chi connectivity index (χ2v) is 9.60. The van der Waals surface area contributed by atoms with Gasteiger partial charge in [0.15, 0.2) is 0 Å². The monoisotopic (exact) mass is 434 g/mol. The number of rotatable bonds is 3. The lowest BCUT2D eigenvalue weighted by molar-refractivity contribution is 0.653. The fraction of sp³-hybridized carbons (Fsp3) is 0.143. The molecule has 0 saturated heterocycles. The maximum atomic E-state index is 6.19. The van der Waals surface area contributed by atoms with Crippen LogP contribution < -0.4 is 0 Å². The number of aryl methyl sites for hydroxylation is 1. The van der Waals surface area contributed by atoms with Gasteiger partial charge in [-0.25, -0.2) is 9.97 Å². The van der Waals surface area contributed by atoms with E-state index in [0.29, 0.717) is 11.6 Å². The first-order chi connectivity index (χ1) is 15.6. The summed E-state index contributed by atoms with van der Waals surface area (Å²) >= 11 is 1.73. The molecule has 32 heavy (non-hydrogen) atoms. The average molecular weight is 435 g/mol. The Bertz CT molecular complexity index is 1610. The molecular weight excluding hydrogens is 412 g/mol. The molecule has 0 aliphatic rings. The highest BCUT2D eigenvalue weighted by Crippen LogP contribution is 2.37. The van der Waals surface area contributed by atoms with E-state index in [0.717, 1.165) is 43.5 Å². The summed E-state index contributed by atoms with van der Waals surface area (Å²) in [6.07, 6.45) is 0. The van der Waals surface area contributed by atoms with Gasteiger partial charge in [-0.05, 0) is 60.4 Å². The van der Waals surface area contributed by atoms with E-state index in [1.807, 2.05) is 13.0 Å². The van der Waals surface area contributed by atoms with Crippen LogP contribution >= 0.6 is 11.3 Å². The van der Waals surface area contributed by atoms with Crippen LogP contribution in [0.3, 0.4) is 0 Å². The van der Waals surface area contributed by atoms with Crippen LogP contribution in [0.4, 0.5) is 0 Å². The molecule has 4 aromatic heterocycles. The largest absolute Gasteiger partial charge is 0.437 e. The van der Waals surface area contributed by atoms with Crippen molar-refractivity contribution in [1.29, 1.82) is 0 Å². The zero-order chi connectivity index (χ0) is 21.8. The molecule has 0 amide bonds. The number of nitrogens with zero attached hydrogens (tertiary/aromatic N) is 2. The predicted molar refractivity (Wildman–Crippen MR) is 134 cm³/mol. The number of pyridine rings is 2. The molecule has 4 heteroatoms. The zero-order valence-electron chi connectivity index (χ0n) is 18.2. The van der Waals surface area contributed by atoms with E-state index in [4.69, 9.17) is 9.40 Å². The third-order valence-electron chi connectivity index (χ3n) is 6.02. The Morgan fingerprint density at radius 1 is 0.844 bits per heavy atom. The number of fused-ring (bicyclic) bond motifs is 4. The normalized spacial score (nSPS) is 11.9. The molecule has 0 bridgehead atoms. The van der Waals surface area contributed by atoms with E-state index in [2.05, 4.69) is 85.6 Å². The lowest BCUT2D eigenvalue weighted by Crippen LogP contribution is -1.85. The topological polar surface area (TPSA) is 38.9 Å². The highest BCUT2D eigenvalue weighted by Gasteiger charge is 2.15. The fourth-order valence-electron chi connectivity index (χ4n) is 4.22. The first-order valence-corrected chi connectivity index (χ1v) is 11.7. The van der Waals surface area contributed by atoms with Crippen molar-refractivity contribution >= 4 is 43.6 Å². The Hall–Kier alpha value is -3.50. The Kier molecular flexibility index (Phi) is 4.37. The smallest absolute Gasteiger partial charge is 0.227 e. The van der Waals surface area contributed by atoms with Crippen LogP contribution in [-0.2, 0) is 0 Å². The third kappa shape index (κ3) is 3.10. The standard InChI is InChI=1S/C28H22N2OS/c1-16(2)18-8-10-19(11-9-18)25-15-20-12-14-24(30-28(20)32-25)23-6-4-5-21-22-13-7-17(3)29-27(22)31-26(21)23/h4-16H,1-3H3. The number of para-hydroxylation sites is 1. The van der Waals surface area contributed by atoms with Gasteiger partial charge in [0.05, 0.1) is 5.69 Å². The number of thiophene rings is 1. The van der Waals surface area contributed by atoms with Crippen LogP contribution in [0.15, 0.2) is 77.2 Å². The van der Waals surface area contributed by atoms with E-state index in [-0.39, 0.29) is 0 Å². The van der Waals surface area contributed by atoms with Crippen molar-refractivity contribution in [3.63, 3.8) is 0 Å². The summed E-state index contributed by atoms with van der Waals surface area (Å²) < 4.78 is 6.19. The van der Waals surface area contributed by atoms with Gasteiger partial charge in [0, 0.05) is 32.3 Å². The van der Waals surface area contributed by atoms with Gasteiger partial charge in [0.1, 0.15) is 10.4 Å². The summed E-state index contributed by atoms with van der Waals surface area (Å²) in [5, 5.41) is 3.27. The Balaban J connectivity index is 1.46. The molecule has 6 rings (SSSR count). The van der Waals surface area contributed by atoms with Crippen molar-refractivity contribution in [3.05, 3.63) is 84.1 Å². The maximum Gasteiger partial charge on any atom is 0.227 e. The predicted octanol–water partition coefficient (Wildman–Crippen LogP) is 8.36. The van der Waals surface area contributed by atoms with Gasteiger partial charge in [-0.15, -0.1) is 11.3 Å². The lowest BCUT2D eigenvalue weighted by Gasteiger charge is -2.05. The molecule has 0 N–H and O–H groups in total. The summed E-state index contributed by atoms with van der Waals surface area (Å²) in [5.74, 6) is 0.538. The van der Waals surface area contributed by atoms with Crippen molar-refractivity contribution in [2.24, 2.45) is 0 Å². The summed E-state index contributed by atoms with van der Waals surface area (Å²) in [6.45, 7) is 6.42. The van der Waals surface area contributed by atoms with E-state index >= 15 is 0 Å². The maximum absolute atomic E-state index is 6.19. The summed E-state index contributed by atoms with van der Waals surface area (Å²) in [5.41, 5.74) is 6.98. The molecule has 2 aromatic carbocycles. The molecule has 156 valence electrons. The summed E-state index contributed by atoms with van der Waals surface area (Å²) in [7, 11) is 0. The molecular formula is C28H22N2OS. The van der Waals surface area contributed by atoms with Gasteiger partial charge in [-0.3, -0.25) is 0 Å². The molecule has 0 unspecified atom stereocenters. The van der Waals surface area contributed by atoms with E-state index in [1.165, 1.54) is 16.0 Å². The van der Waals surface area contributed by atoms with Crippen LogP contribution in [0.1, 0.15) is 31.0 Å². The number of aromatic nitrogens is 2. The van der Waals surface area contributed by atoms with Crippen LogP contribution in [0.25, 0.3) is 54.0 Å². The summed E-state index contributed by atoms with van der Waals surface area (Å²) in [6, 6.07) is 25.7. The number of furan rings is 1. The van der Waals surface area contributed by atoms with E-state index in [1.54, 1.807) is 11.3 Å². The van der Waals surface area contributed by atoms with E-state index in [9.17, 15) is 0 Å². The average Bonchev–Trinajstić information content (AvgIpc) is 3.39. The second-order valence-electron chi connectivity index (χ2n) is 8.57. The number of hydrogen-bond donors (Lipinski definition) is 0. The molecule has 0 spiro atoms. The van der Waals surface area contributed by atoms with Gasteiger partial charge >= 0.3 is 0 Å². The molecule has 4 heterocycles. The van der Waals surface area contributed by atoms with E-state index < -0.39 is 0 Å². The lowest BCUT2D eigenvalue weighted by atomic mass is 10.0. The van der Waals surface area contributed by atoms with Gasteiger partial charge < -0.3 is 4.42 Å². The first-order valence-electron chi connectivity index (χ1n) is 10.9. The van der Waals surface area contributed by atoms with Gasteiger partial charge in [0.2, 0.25) is 5.71 Å². The second kappa shape index (κ2) is 7.28. The Morgan fingerprint density at radius 3 is 2.50 bits per heavy atom. The zero-order valence-corrected chi connectivity index (χ0v) is 19.0. The molecule has 0 radical (unpaired) electrons. The molecule has 0 aliphatic carbocycles. The fourth-order valence-corrected chi connectivity index (χ4v) is 5.25. The minimum Gasteiger partial charge on any atom is -0.437 e. The van der Waals surface area contributed by atoms with Crippen molar-refractivity contribution < 1.29 is 4.42 Å². The van der Waals surface area contributed by atoms with Gasteiger partial charge in [-0.1, -0.05) is 50.2 Å². The van der Waals surface area contributed by atoms with Crippen LogP contribution in [0, 0.1) is 6.92 Å². The van der Waals surface area contributed by atoms with Crippen LogP contribution in [-0.4, -0.2) is 9.97 Å². The molecule has 3 nitrogen and oxygen atoms in total. The number of benzene rings is 2.